The van der Waals surface area contributed by atoms with Gasteiger partial charge in [0.05, 0.1) is 11.0 Å². The van der Waals surface area contributed by atoms with Crippen molar-refractivity contribution in [1.82, 2.24) is 9.55 Å². The lowest BCUT2D eigenvalue weighted by Gasteiger charge is -2.16. The molecule has 1 aromatic heterocycles. The average molecular weight is 224 g/mol. The van der Waals surface area contributed by atoms with E-state index in [1.54, 1.807) is 16.7 Å². The van der Waals surface area contributed by atoms with Gasteiger partial charge in [0.2, 0.25) is 0 Å². The van der Waals surface area contributed by atoms with Crippen LogP contribution in [0.25, 0.3) is 11.0 Å². The topological polar surface area (TPSA) is 17.8 Å². The van der Waals surface area contributed by atoms with Crippen molar-refractivity contribution in [2.45, 2.75) is 32.7 Å². The number of halogens is 2. The van der Waals surface area contributed by atoms with Crippen LogP contribution in [-0.4, -0.2) is 9.55 Å². The van der Waals surface area contributed by atoms with Gasteiger partial charge in [-0.3, -0.25) is 0 Å². The van der Waals surface area contributed by atoms with Crippen LogP contribution in [-0.2, 0) is 5.92 Å². The third-order valence-electron chi connectivity index (χ3n) is 2.50. The Bertz CT molecular complexity index is 509. The summed E-state index contributed by atoms with van der Waals surface area (Å²) in [4.78, 5) is 4.02. The Balaban J connectivity index is 2.78. The third-order valence-corrected chi connectivity index (χ3v) is 2.50. The molecule has 16 heavy (non-hydrogen) atoms. The zero-order valence-electron chi connectivity index (χ0n) is 9.54. The summed E-state index contributed by atoms with van der Waals surface area (Å²) < 4.78 is 28.5. The molecule has 0 radical (unpaired) electrons. The van der Waals surface area contributed by atoms with Gasteiger partial charge in [-0.05, 0) is 26.0 Å². The monoisotopic (exact) mass is 224 g/mol. The van der Waals surface area contributed by atoms with Gasteiger partial charge in [-0.25, -0.2) is 4.98 Å². The first-order chi connectivity index (χ1) is 7.41. The molecule has 0 atom stereocenters. The molecule has 0 aliphatic rings. The maximum absolute atomic E-state index is 13.4. The second-order valence-corrected chi connectivity index (χ2v) is 4.28. The van der Waals surface area contributed by atoms with Gasteiger partial charge < -0.3 is 4.57 Å². The summed E-state index contributed by atoms with van der Waals surface area (Å²) in [6.07, 6.45) is 0. The molecule has 2 aromatic rings. The Kier molecular flexibility index (Phi) is 2.45. The van der Waals surface area contributed by atoms with E-state index in [2.05, 4.69) is 4.98 Å². The minimum Gasteiger partial charge on any atom is -0.320 e. The van der Waals surface area contributed by atoms with E-state index < -0.39 is 5.92 Å². The smallest absolute Gasteiger partial charge is 0.302 e. The van der Waals surface area contributed by atoms with Gasteiger partial charge in [-0.15, -0.1) is 0 Å². The summed E-state index contributed by atoms with van der Waals surface area (Å²) in [7, 11) is 0. The molecule has 86 valence electrons. The highest BCUT2D eigenvalue weighted by Crippen LogP contribution is 2.31. The SMILES string of the molecule is CC(C)n1c(C(C)(F)F)nc2ccccc21. The maximum Gasteiger partial charge on any atom is 0.302 e. The molecular formula is C12H14F2N2. The van der Waals surface area contributed by atoms with E-state index >= 15 is 0 Å². The highest BCUT2D eigenvalue weighted by molar-refractivity contribution is 5.76. The second kappa shape index (κ2) is 3.54. The standard InChI is InChI=1S/C12H14F2N2/c1-8(2)16-10-7-5-4-6-9(10)15-11(16)12(3,13)14/h4-8H,1-3H3. The molecule has 0 amide bonds. The number of rotatable bonds is 2. The van der Waals surface area contributed by atoms with Gasteiger partial charge in [0.15, 0.2) is 5.82 Å². The van der Waals surface area contributed by atoms with E-state index in [-0.39, 0.29) is 11.9 Å². The van der Waals surface area contributed by atoms with Crippen LogP contribution in [0.5, 0.6) is 0 Å². The van der Waals surface area contributed by atoms with Gasteiger partial charge in [-0.2, -0.15) is 8.78 Å². The van der Waals surface area contributed by atoms with Gasteiger partial charge in [0.1, 0.15) is 0 Å². The Morgan fingerprint density at radius 2 is 1.88 bits per heavy atom. The van der Waals surface area contributed by atoms with E-state index in [1.807, 2.05) is 26.0 Å². The molecule has 1 aromatic carbocycles. The van der Waals surface area contributed by atoms with Crippen LogP contribution in [0.1, 0.15) is 32.6 Å². The lowest BCUT2D eigenvalue weighted by atomic mass is 10.3. The fraction of sp³-hybridized carbons (Fsp3) is 0.417. The Morgan fingerprint density at radius 3 is 2.44 bits per heavy atom. The fourth-order valence-electron chi connectivity index (χ4n) is 1.88. The number of nitrogens with zero attached hydrogens (tertiary/aromatic N) is 2. The van der Waals surface area contributed by atoms with Crippen LogP contribution in [0.2, 0.25) is 0 Å². The lowest BCUT2D eigenvalue weighted by molar-refractivity contribution is 0.00368. The van der Waals surface area contributed by atoms with E-state index in [0.717, 1.165) is 12.4 Å². The van der Waals surface area contributed by atoms with Crippen molar-refractivity contribution >= 4 is 11.0 Å². The number of para-hydroxylation sites is 2. The average Bonchev–Trinajstić information content (AvgIpc) is 2.55. The van der Waals surface area contributed by atoms with Crippen molar-refractivity contribution in [3.63, 3.8) is 0 Å². The Labute approximate surface area is 92.9 Å². The molecule has 0 bridgehead atoms. The third kappa shape index (κ3) is 1.68. The summed E-state index contributed by atoms with van der Waals surface area (Å²) in [5.74, 6) is -3.08. The number of hydrogen-bond donors (Lipinski definition) is 0. The predicted molar refractivity (Wildman–Crippen MR) is 59.7 cm³/mol. The van der Waals surface area contributed by atoms with Crippen LogP contribution in [0.4, 0.5) is 8.78 Å². The highest BCUT2D eigenvalue weighted by Gasteiger charge is 2.32. The molecule has 1 heterocycles. The van der Waals surface area contributed by atoms with Crippen LogP contribution >= 0.6 is 0 Å². The van der Waals surface area contributed by atoms with Gasteiger partial charge in [-0.1, -0.05) is 12.1 Å². The molecule has 0 saturated heterocycles. The van der Waals surface area contributed by atoms with Crippen molar-refractivity contribution in [3.8, 4) is 0 Å². The van der Waals surface area contributed by atoms with E-state index in [9.17, 15) is 8.78 Å². The molecule has 0 aliphatic heterocycles. The first-order valence-corrected chi connectivity index (χ1v) is 5.26. The van der Waals surface area contributed by atoms with E-state index in [4.69, 9.17) is 0 Å². The summed E-state index contributed by atoms with van der Waals surface area (Å²) in [5.41, 5.74) is 1.38. The molecule has 0 spiro atoms. The molecular weight excluding hydrogens is 210 g/mol. The fourth-order valence-corrected chi connectivity index (χ4v) is 1.88. The number of alkyl halides is 2. The number of aromatic nitrogens is 2. The van der Waals surface area contributed by atoms with E-state index in [0.29, 0.717) is 5.52 Å². The molecule has 0 fully saturated rings. The van der Waals surface area contributed by atoms with Crippen molar-refractivity contribution in [2.24, 2.45) is 0 Å². The summed E-state index contributed by atoms with van der Waals surface area (Å²) in [6.45, 7) is 4.64. The molecule has 0 unspecified atom stereocenters. The minimum absolute atomic E-state index is 0.0341. The van der Waals surface area contributed by atoms with Crippen LogP contribution < -0.4 is 0 Å². The van der Waals surface area contributed by atoms with Crippen molar-refractivity contribution in [1.29, 1.82) is 0 Å². The molecule has 0 saturated carbocycles. The quantitative estimate of drug-likeness (QED) is 0.760. The van der Waals surface area contributed by atoms with Gasteiger partial charge >= 0.3 is 5.92 Å². The predicted octanol–water partition coefficient (Wildman–Crippen LogP) is 3.73. The van der Waals surface area contributed by atoms with Crippen LogP contribution in [0.15, 0.2) is 24.3 Å². The molecule has 0 aliphatic carbocycles. The number of hydrogen-bond acceptors (Lipinski definition) is 1. The number of fused-ring (bicyclic) bond motifs is 1. The lowest BCUT2D eigenvalue weighted by Crippen LogP contribution is -2.17. The molecule has 2 rings (SSSR count). The zero-order chi connectivity index (χ0) is 11.9. The van der Waals surface area contributed by atoms with Crippen molar-refractivity contribution < 1.29 is 8.78 Å². The Morgan fingerprint density at radius 1 is 1.25 bits per heavy atom. The van der Waals surface area contributed by atoms with E-state index in [1.165, 1.54) is 0 Å². The molecule has 0 N–H and O–H groups in total. The first kappa shape index (κ1) is 11.0. The van der Waals surface area contributed by atoms with Gasteiger partial charge in [0, 0.05) is 13.0 Å². The molecule has 2 nitrogen and oxygen atoms in total. The normalized spacial score (nSPS) is 12.6. The molecule has 4 heteroatoms. The van der Waals surface area contributed by atoms with Crippen molar-refractivity contribution in [3.05, 3.63) is 30.1 Å². The second-order valence-electron chi connectivity index (χ2n) is 4.28. The first-order valence-electron chi connectivity index (χ1n) is 5.26. The minimum atomic E-state index is -2.91. The Hall–Kier alpha value is -1.45. The summed E-state index contributed by atoms with van der Waals surface area (Å²) in [6, 6.07) is 7.17. The zero-order valence-corrected chi connectivity index (χ0v) is 9.54. The largest absolute Gasteiger partial charge is 0.320 e. The number of imidazole rings is 1. The maximum atomic E-state index is 13.4. The summed E-state index contributed by atoms with van der Waals surface area (Å²) in [5, 5.41) is 0. The highest BCUT2D eigenvalue weighted by atomic mass is 19.3. The van der Waals surface area contributed by atoms with Gasteiger partial charge in [0.25, 0.3) is 0 Å². The number of benzene rings is 1. The van der Waals surface area contributed by atoms with Crippen molar-refractivity contribution in [2.75, 3.05) is 0 Å². The van der Waals surface area contributed by atoms with Crippen LogP contribution in [0.3, 0.4) is 0 Å². The summed E-state index contributed by atoms with van der Waals surface area (Å²) >= 11 is 0. The van der Waals surface area contributed by atoms with Crippen LogP contribution in [0, 0.1) is 0 Å².